The SMILES string of the molecule is CCN1CC[C@H](NC(=O)NC(C)C)c2ccccc2S1(=O)=O. The molecule has 0 radical (unpaired) electrons. The number of amides is 2. The lowest BCUT2D eigenvalue weighted by Crippen LogP contribution is -2.41. The van der Waals surface area contributed by atoms with E-state index in [1.807, 2.05) is 20.8 Å². The number of urea groups is 1. The van der Waals surface area contributed by atoms with Crippen LogP contribution in [0.25, 0.3) is 0 Å². The molecule has 122 valence electrons. The van der Waals surface area contributed by atoms with E-state index in [0.29, 0.717) is 25.1 Å². The number of carbonyl (C=O) groups is 1. The fourth-order valence-electron chi connectivity index (χ4n) is 2.63. The van der Waals surface area contributed by atoms with Gasteiger partial charge in [-0.05, 0) is 31.9 Å². The Labute approximate surface area is 131 Å². The molecule has 1 heterocycles. The Bertz CT molecular complexity index is 643. The molecule has 1 aliphatic rings. The van der Waals surface area contributed by atoms with Crippen LogP contribution in [0.3, 0.4) is 0 Å². The fourth-order valence-corrected chi connectivity index (χ4v) is 4.35. The third-order valence-corrected chi connectivity index (χ3v) is 5.71. The summed E-state index contributed by atoms with van der Waals surface area (Å²) in [5.74, 6) is 0. The first-order valence-electron chi connectivity index (χ1n) is 7.52. The van der Waals surface area contributed by atoms with E-state index in [2.05, 4.69) is 10.6 Å². The normalized spacial score (nSPS) is 21.0. The highest BCUT2D eigenvalue weighted by Crippen LogP contribution is 2.31. The summed E-state index contributed by atoms with van der Waals surface area (Å²) in [7, 11) is -3.50. The van der Waals surface area contributed by atoms with E-state index >= 15 is 0 Å². The maximum absolute atomic E-state index is 12.7. The molecule has 2 N–H and O–H groups in total. The standard InChI is InChI=1S/C15H23N3O3S/c1-4-18-10-9-13(17-15(19)16-11(2)3)12-7-5-6-8-14(12)22(18,20)21/h5-8,11,13H,4,9-10H2,1-3H3,(H2,16,17,19)/t13-/m0/s1. The van der Waals surface area contributed by atoms with Gasteiger partial charge in [0.15, 0.2) is 0 Å². The number of hydrogen-bond acceptors (Lipinski definition) is 3. The monoisotopic (exact) mass is 325 g/mol. The van der Waals surface area contributed by atoms with Crippen LogP contribution in [0.1, 0.15) is 38.8 Å². The molecule has 1 atom stereocenters. The van der Waals surface area contributed by atoms with Crippen LogP contribution in [0, 0.1) is 0 Å². The summed E-state index contributed by atoms with van der Waals surface area (Å²) >= 11 is 0. The number of fused-ring (bicyclic) bond motifs is 1. The number of nitrogens with one attached hydrogen (secondary N) is 2. The summed E-state index contributed by atoms with van der Waals surface area (Å²) in [5, 5.41) is 5.66. The second-order valence-corrected chi connectivity index (χ2v) is 7.55. The van der Waals surface area contributed by atoms with E-state index in [9.17, 15) is 13.2 Å². The quantitative estimate of drug-likeness (QED) is 0.890. The molecule has 0 aliphatic carbocycles. The third kappa shape index (κ3) is 3.41. The highest BCUT2D eigenvalue weighted by Gasteiger charge is 2.33. The summed E-state index contributed by atoms with van der Waals surface area (Å²) in [6.45, 7) is 6.38. The topological polar surface area (TPSA) is 78.5 Å². The molecule has 0 saturated carbocycles. The summed E-state index contributed by atoms with van der Waals surface area (Å²) in [6, 6.07) is 6.31. The Morgan fingerprint density at radius 1 is 1.36 bits per heavy atom. The fraction of sp³-hybridized carbons (Fsp3) is 0.533. The van der Waals surface area contributed by atoms with E-state index < -0.39 is 10.0 Å². The molecule has 6 nitrogen and oxygen atoms in total. The highest BCUT2D eigenvalue weighted by molar-refractivity contribution is 7.89. The Kier molecular flexibility index (Phi) is 5.08. The zero-order chi connectivity index (χ0) is 16.3. The van der Waals surface area contributed by atoms with E-state index in [0.717, 1.165) is 0 Å². The number of hydrogen-bond donors (Lipinski definition) is 2. The molecule has 2 rings (SSSR count). The van der Waals surface area contributed by atoms with Gasteiger partial charge in [0.2, 0.25) is 10.0 Å². The average molecular weight is 325 g/mol. The van der Waals surface area contributed by atoms with Crippen LogP contribution >= 0.6 is 0 Å². The van der Waals surface area contributed by atoms with E-state index in [-0.39, 0.29) is 23.0 Å². The highest BCUT2D eigenvalue weighted by atomic mass is 32.2. The van der Waals surface area contributed by atoms with Crippen LogP contribution in [-0.4, -0.2) is 37.9 Å². The number of rotatable bonds is 3. The molecule has 0 saturated heterocycles. The first kappa shape index (κ1) is 16.8. The first-order chi connectivity index (χ1) is 10.4. The van der Waals surface area contributed by atoms with Crippen molar-refractivity contribution in [2.75, 3.05) is 13.1 Å². The Hall–Kier alpha value is -1.60. The summed E-state index contributed by atoms with van der Waals surface area (Å²) in [5.41, 5.74) is 0.650. The van der Waals surface area contributed by atoms with Gasteiger partial charge in [-0.3, -0.25) is 0 Å². The third-order valence-electron chi connectivity index (χ3n) is 3.66. The van der Waals surface area contributed by atoms with Crippen LogP contribution in [0.4, 0.5) is 4.79 Å². The molecule has 2 amide bonds. The van der Waals surface area contributed by atoms with Gasteiger partial charge in [0.1, 0.15) is 0 Å². The van der Waals surface area contributed by atoms with Gasteiger partial charge in [0.05, 0.1) is 10.9 Å². The smallest absolute Gasteiger partial charge is 0.315 e. The van der Waals surface area contributed by atoms with Gasteiger partial charge in [-0.2, -0.15) is 4.31 Å². The number of benzene rings is 1. The minimum atomic E-state index is -3.50. The minimum Gasteiger partial charge on any atom is -0.336 e. The molecule has 22 heavy (non-hydrogen) atoms. The zero-order valence-electron chi connectivity index (χ0n) is 13.2. The molecule has 1 aromatic carbocycles. The minimum absolute atomic E-state index is 0.0249. The lowest BCUT2D eigenvalue weighted by Gasteiger charge is -2.19. The summed E-state index contributed by atoms with van der Waals surface area (Å²) in [6.07, 6.45) is 0.551. The van der Waals surface area contributed by atoms with Crippen molar-refractivity contribution in [1.82, 2.24) is 14.9 Å². The number of nitrogens with zero attached hydrogens (tertiary/aromatic N) is 1. The largest absolute Gasteiger partial charge is 0.336 e. The Balaban J connectivity index is 2.36. The van der Waals surface area contributed by atoms with Crippen molar-refractivity contribution in [3.05, 3.63) is 29.8 Å². The van der Waals surface area contributed by atoms with Crippen molar-refractivity contribution in [1.29, 1.82) is 0 Å². The first-order valence-corrected chi connectivity index (χ1v) is 8.96. The van der Waals surface area contributed by atoms with Crippen LogP contribution < -0.4 is 10.6 Å². The van der Waals surface area contributed by atoms with Gasteiger partial charge >= 0.3 is 6.03 Å². The van der Waals surface area contributed by atoms with E-state index in [1.54, 1.807) is 24.3 Å². The van der Waals surface area contributed by atoms with Gasteiger partial charge in [-0.25, -0.2) is 13.2 Å². The van der Waals surface area contributed by atoms with Crippen molar-refractivity contribution in [3.8, 4) is 0 Å². The second kappa shape index (κ2) is 6.66. The molecular formula is C15H23N3O3S. The van der Waals surface area contributed by atoms with Gasteiger partial charge in [-0.1, -0.05) is 25.1 Å². The zero-order valence-corrected chi connectivity index (χ0v) is 14.0. The molecule has 7 heteroatoms. The maximum atomic E-state index is 12.7. The molecule has 0 aromatic heterocycles. The van der Waals surface area contributed by atoms with Crippen molar-refractivity contribution >= 4 is 16.1 Å². The van der Waals surface area contributed by atoms with Gasteiger partial charge in [0.25, 0.3) is 0 Å². The number of sulfonamides is 1. The van der Waals surface area contributed by atoms with Gasteiger partial charge in [0, 0.05) is 19.1 Å². The lowest BCUT2D eigenvalue weighted by molar-refractivity contribution is 0.233. The average Bonchev–Trinajstić information content (AvgIpc) is 2.54. The summed E-state index contributed by atoms with van der Waals surface area (Å²) < 4.78 is 26.8. The van der Waals surface area contributed by atoms with Crippen molar-refractivity contribution in [2.24, 2.45) is 0 Å². The Morgan fingerprint density at radius 3 is 2.68 bits per heavy atom. The molecule has 0 spiro atoms. The summed E-state index contributed by atoms with van der Waals surface area (Å²) in [4.78, 5) is 12.3. The van der Waals surface area contributed by atoms with Crippen LogP contribution in [-0.2, 0) is 10.0 Å². The molecule has 0 fully saturated rings. The van der Waals surface area contributed by atoms with E-state index in [1.165, 1.54) is 4.31 Å². The molecule has 1 aliphatic heterocycles. The van der Waals surface area contributed by atoms with Crippen LogP contribution in [0.15, 0.2) is 29.2 Å². The molecular weight excluding hydrogens is 302 g/mol. The predicted molar refractivity (Wildman–Crippen MR) is 85.0 cm³/mol. The molecule has 0 bridgehead atoms. The van der Waals surface area contributed by atoms with Crippen LogP contribution in [0.2, 0.25) is 0 Å². The van der Waals surface area contributed by atoms with Gasteiger partial charge < -0.3 is 10.6 Å². The van der Waals surface area contributed by atoms with Crippen molar-refractivity contribution in [2.45, 2.75) is 44.2 Å². The van der Waals surface area contributed by atoms with Crippen molar-refractivity contribution in [3.63, 3.8) is 0 Å². The molecule has 1 aromatic rings. The lowest BCUT2D eigenvalue weighted by atomic mass is 10.0. The van der Waals surface area contributed by atoms with E-state index in [4.69, 9.17) is 0 Å². The Morgan fingerprint density at radius 2 is 2.05 bits per heavy atom. The molecule has 0 unspecified atom stereocenters. The predicted octanol–water partition coefficient (Wildman–Crippen LogP) is 1.85. The van der Waals surface area contributed by atoms with Crippen LogP contribution in [0.5, 0.6) is 0 Å². The second-order valence-electron chi connectivity index (χ2n) is 5.65. The number of carbonyl (C=O) groups excluding carboxylic acids is 1. The maximum Gasteiger partial charge on any atom is 0.315 e. The van der Waals surface area contributed by atoms with Gasteiger partial charge in [-0.15, -0.1) is 0 Å². The van der Waals surface area contributed by atoms with Crippen molar-refractivity contribution < 1.29 is 13.2 Å².